The Bertz CT molecular complexity index is 325. The quantitative estimate of drug-likeness (QED) is 0.847. The molecule has 0 bridgehead atoms. The second-order valence-electron chi connectivity index (χ2n) is 5.71. The predicted molar refractivity (Wildman–Crippen MR) is 62.6 cm³/mol. The van der Waals surface area contributed by atoms with E-state index >= 15 is 0 Å². The molecular weight excluding hydrogens is 263 g/mol. The van der Waals surface area contributed by atoms with Gasteiger partial charge in [-0.1, -0.05) is 0 Å². The number of carbonyl (C=O) groups excluding carboxylic acids is 1. The Kier molecular flexibility index (Phi) is 4.71. The van der Waals surface area contributed by atoms with Gasteiger partial charge < -0.3 is 14.7 Å². The first-order chi connectivity index (χ1) is 8.56. The lowest BCUT2D eigenvalue weighted by Crippen LogP contribution is -2.48. The summed E-state index contributed by atoms with van der Waals surface area (Å²) in [6.07, 6.45) is -4.57. The van der Waals surface area contributed by atoms with Crippen LogP contribution in [-0.2, 0) is 4.74 Å². The maximum atomic E-state index is 12.8. The fourth-order valence-corrected chi connectivity index (χ4v) is 2.20. The Balaban J connectivity index is 2.81. The van der Waals surface area contributed by atoms with Crippen molar-refractivity contribution in [2.45, 2.75) is 51.4 Å². The Morgan fingerprint density at radius 2 is 2.00 bits per heavy atom. The van der Waals surface area contributed by atoms with Gasteiger partial charge in [0.05, 0.1) is 12.5 Å². The molecule has 7 heteroatoms. The number of aliphatic hydroxyl groups excluding tert-OH is 1. The average Bonchev–Trinajstić information content (AvgIpc) is 2.62. The molecule has 1 rings (SSSR count). The molecule has 0 spiro atoms. The molecule has 1 aliphatic rings. The van der Waals surface area contributed by atoms with Crippen molar-refractivity contribution >= 4 is 6.09 Å². The van der Waals surface area contributed by atoms with Crippen molar-refractivity contribution in [2.75, 3.05) is 13.2 Å². The van der Waals surface area contributed by atoms with Gasteiger partial charge in [-0.2, -0.15) is 13.2 Å². The summed E-state index contributed by atoms with van der Waals surface area (Å²) in [6, 6.07) is -1.04. The summed E-state index contributed by atoms with van der Waals surface area (Å²) in [4.78, 5) is 13.0. The lowest BCUT2D eigenvalue weighted by molar-refractivity contribution is -0.197. The first-order valence-corrected chi connectivity index (χ1v) is 6.23. The van der Waals surface area contributed by atoms with Crippen molar-refractivity contribution in [3.8, 4) is 0 Å². The van der Waals surface area contributed by atoms with Crippen LogP contribution in [0.4, 0.5) is 18.0 Å². The van der Waals surface area contributed by atoms with E-state index in [0.717, 1.165) is 4.90 Å². The number of alkyl halides is 3. The van der Waals surface area contributed by atoms with Crippen LogP contribution < -0.4 is 0 Å². The molecule has 0 aromatic heterocycles. The highest BCUT2D eigenvalue weighted by atomic mass is 19.4. The van der Waals surface area contributed by atoms with Crippen molar-refractivity contribution in [3.63, 3.8) is 0 Å². The summed E-state index contributed by atoms with van der Waals surface area (Å²) in [6.45, 7) is 4.18. The molecule has 112 valence electrons. The van der Waals surface area contributed by atoms with E-state index in [1.54, 1.807) is 20.8 Å². The molecule has 2 atom stereocenters. The van der Waals surface area contributed by atoms with Crippen molar-refractivity contribution in [1.82, 2.24) is 4.90 Å². The Morgan fingerprint density at radius 1 is 1.42 bits per heavy atom. The minimum atomic E-state index is -4.52. The topological polar surface area (TPSA) is 49.8 Å². The lowest BCUT2D eigenvalue weighted by Gasteiger charge is -2.33. The molecule has 1 unspecified atom stereocenters. The molecule has 0 radical (unpaired) electrons. The minimum absolute atomic E-state index is 0.226. The molecule has 19 heavy (non-hydrogen) atoms. The van der Waals surface area contributed by atoms with Gasteiger partial charge in [0.1, 0.15) is 5.60 Å². The van der Waals surface area contributed by atoms with Crippen molar-refractivity contribution in [3.05, 3.63) is 0 Å². The van der Waals surface area contributed by atoms with Gasteiger partial charge in [-0.05, 0) is 33.6 Å². The smallest absolute Gasteiger partial charge is 0.410 e. The van der Waals surface area contributed by atoms with Gasteiger partial charge in [0.25, 0.3) is 0 Å². The zero-order valence-corrected chi connectivity index (χ0v) is 11.3. The second-order valence-corrected chi connectivity index (χ2v) is 5.71. The van der Waals surface area contributed by atoms with Crippen molar-refractivity contribution in [2.24, 2.45) is 5.92 Å². The number of amides is 1. The Labute approximate surface area is 110 Å². The summed E-state index contributed by atoms with van der Waals surface area (Å²) in [5.74, 6) is -1.91. The molecule has 1 aliphatic heterocycles. The van der Waals surface area contributed by atoms with Gasteiger partial charge in [0.15, 0.2) is 0 Å². The van der Waals surface area contributed by atoms with Crippen LogP contribution in [0.15, 0.2) is 0 Å². The van der Waals surface area contributed by atoms with Crippen LogP contribution in [0.1, 0.15) is 33.6 Å². The zero-order chi connectivity index (χ0) is 14.8. The molecule has 1 fully saturated rings. The maximum Gasteiger partial charge on any atom is 0.410 e. The molecular formula is C12H20F3NO3. The molecule has 1 N–H and O–H groups in total. The molecule has 0 saturated carbocycles. The van der Waals surface area contributed by atoms with Gasteiger partial charge in [0, 0.05) is 12.6 Å². The number of hydrogen-bond donors (Lipinski definition) is 1. The average molecular weight is 283 g/mol. The van der Waals surface area contributed by atoms with E-state index in [1.807, 2.05) is 0 Å². The lowest BCUT2D eigenvalue weighted by atomic mass is 9.98. The molecule has 4 nitrogen and oxygen atoms in total. The van der Waals surface area contributed by atoms with Crippen LogP contribution >= 0.6 is 0 Å². The predicted octanol–water partition coefficient (Wildman–Crippen LogP) is 2.56. The van der Waals surface area contributed by atoms with E-state index in [1.165, 1.54) is 0 Å². The van der Waals surface area contributed by atoms with E-state index < -0.39 is 36.4 Å². The highest BCUT2D eigenvalue weighted by Gasteiger charge is 2.49. The van der Waals surface area contributed by atoms with E-state index in [9.17, 15) is 18.0 Å². The number of likely N-dealkylation sites (tertiary alicyclic amines) is 1. The fourth-order valence-electron chi connectivity index (χ4n) is 2.20. The van der Waals surface area contributed by atoms with Crippen LogP contribution in [0.2, 0.25) is 0 Å². The van der Waals surface area contributed by atoms with Gasteiger partial charge in [-0.3, -0.25) is 0 Å². The zero-order valence-electron chi connectivity index (χ0n) is 11.3. The standard InChI is InChI=1S/C12H20F3NO3/c1-11(2,3)19-10(18)16-6-4-5-9(16)8(7-17)12(13,14)15/h8-9,17H,4-7H2,1-3H3/t8?,9-/m0/s1. The highest BCUT2D eigenvalue weighted by molar-refractivity contribution is 5.69. The van der Waals surface area contributed by atoms with Crippen molar-refractivity contribution in [1.29, 1.82) is 0 Å². The fraction of sp³-hybridized carbons (Fsp3) is 0.917. The number of halogens is 3. The van der Waals surface area contributed by atoms with Crippen LogP contribution in [-0.4, -0.2) is 47.1 Å². The number of hydrogen-bond acceptors (Lipinski definition) is 3. The number of aliphatic hydroxyl groups is 1. The highest BCUT2D eigenvalue weighted by Crippen LogP contribution is 2.36. The largest absolute Gasteiger partial charge is 0.444 e. The summed E-state index contributed by atoms with van der Waals surface area (Å²) in [7, 11) is 0. The SMILES string of the molecule is CC(C)(C)OC(=O)N1CCC[C@H]1C(CO)C(F)(F)F. The molecule has 0 aromatic carbocycles. The monoisotopic (exact) mass is 283 g/mol. The third kappa shape index (κ3) is 4.26. The third-order valence-corrected chi connectivity index (χ3v) is 3.01. The minimum Gasteiger partial charge on any atom is -0.444 e. The Morgan fingerprint density at radius 3 is 2.42 bits per heavy atom. The van der Waals surface area contributed by atoms with Crippen LogP contribution in [0.25, 0.3) is 0 Å². The van der Waals surface area contributed by atoms with E-state index in [-0.39, 0.29) is 13.0 Å². The number of ether oxygens (including phenoxy) is 1. The number of rotatable bonds is 2. The van der Waals surface area contributed by atoms with E-state index in [4.69, 9.17) is 9.84 Å². The van der Waals surface area contributed by atoms with Crippen molar-refractivity contribution < 1.29 is 27.8 Å². The first-order valence-electron chi connectivity index (χ1n) is 6.23. The van der Waals surface area contributed by atoms with Crippen LogP contribution in [0.3, 0.4) is 0 Å². The Hall–Kier alpha value is -0.980. The molecule has 1 heterocycles. The molecule has 1 saturated heterocycles. The molecule has 1 amide bonds. The third-order valence-electron chi connectivity index (χ3n) is 3.01. The van der Waals surface area contributed by atoms with Crippen LogP contribution in [0.5, 0.6) is 0 Å². The van der Waals surface area contributed by atoms with E-state index in [2.05, 4.69) is 0 Å². The van der Waals surface area contributed by atoms with E-state index in [0.29, 0.717) is 6.42 Å². The van der Waals surface area contributed by atoms with Crippen LogP contribution in [0, 0.1) is 5.92 Å². The summed E-state index contributed by atoms with van der Waals surface area (Å²) in [5.41, 5.74) is -0.753. The van der Waals surface area contributed by atoms with Gasteiger partial charge in [0.2, 0.25) is 0 Å². The van der Waals surface area contributed by atoms with Gasteiger partial charge in [-0.25, -0.2) is 4.79 Å². The maximum absolute atomic E-state index is 12.8. The summed E-state index contributed by atoms with van der Waals surface area (Å²) < 4.78 is 43.5. The molecule has 0 aliphatic carbocycles. The molecule has 0 aromatic rings. The first kappa shape index (κ1) is 16.1. The normalized spacial score (nSPS) is 22.5. The summed E-state index contributed by atoms with van der Waals surface area (Å²) in [5, 5.41) is 8.96. The van der Waals surface area contributed by atoms with Gasteiger partial charge >= 0.3 is 12.3 Å². The number of carbonyl (C=O) groups is 1. The second kappa shape index (κ2) is 5.56. The number of nitrogens with zero attached hydrogens (tertiary/aromatic N) is 1. The summed E-state index contributed by atoms with van der Waals surface area (Å²) >= 11 is 0. The van der Waals surface area contributed by atoms with Gasteiger partial charge in [-0.15, -0.1) is 0 Å².